The molecule has 7 nitrogen and oxygen atoms in total. The number of ether oxygens (including phenoxy) is 1. The topological polar surface area (TPSA) is 97.0 Å². The smallest absolute Gasteiger partial charge is 0.275 e. The Morgan fingerprint density at radius 2 is 2.00 bits per heavy atom. The van der Waals surface area contributed by atoms with Gasteiger partial charge in [0.1, 0.15) is 11.4 Å². The van der Waals surface area contributed by atoms with Crippen molar-refractivity contribution in [3.05, 3.63) is 70.9 Å². The van der Waals surface area contributed by atoms with Crippen LogP contribution in [-0.4, -0.2) is 53.3 Å². The molecule has 1 aromatic rings. The van der Waals surface area contributed by atoms with Crippen molar-refractivity contribution in [2.75, 3.05) is 7.05 Å². The van der Waals surface area contributed by atoms with Gasteiger partial charge in [0, 0.05) is 31.0 Å². The fraction of sp³-hybridized carbons (Fsp3) is 0.528. The average molecular weight is 625 g/mol. The van der Waals surface area contributed by atoms with Crippen LogP contribution in [0.15, 0.2) is 64.7 Å². The number of nitrogens with two attached hydrogens (primary N) is 1. The van der Waals surface area contributed by atoms with Crippen LogP contribution in [-0.2, 0) is 16.0 Å². The Hall–Kier alpha value is -3.75. The van der Waals surface area contributed by atoms with Gasteiger partial charge >= 0.3 is 0 Å². The highest BCUT2D eigenvalue weighted by Gasteiger charge is 2.51. The molecule has 246 valence electrons. The highest BCUT2D eigenvalue weighted by Crippen LogP contribution is 2.47. The summed E-state index contributed by atoms with van der Waals surface area (Å²) in [7, 11) is 1.45. The van der Waals surface area contributed by atoms with E-state index in [0.29, 0.717) is 24.8 Å². The van der Waals surface area contributed by atoms with Crippen LogP contribution in [0.1, 0.15) is 91.2 Å². The average Bonchev–Trinajstić information content (AvgIpc) is 3.26. The van der Waals surface area contributed by atoms with Crippen molar-refractivity contribution >= 4 is 23.8 Å². The largest absolute Gasteiger partial charge is 0.488 e. The normalized spacial score (nSPS) is 22.8. The number of carbonyl (C=O) groups excluding carboxylic acids is 2. The van der Waals surface area contributed by atoms with Crippen molar-refractivity contribution in [2.45, 2.75) is 110 Å². The number of allylic oxidation sites excluding steroid dienone is 3. The quantitative estimate of drug-likeness (QED) is 0.214. The fourth-order valence-corrected chi connectivity index (χ4v) is 6.05. The number of carbonyl (C=O) groups is 2. The number of alkyl halides is 2. The summed E-state index contributed by atoms with van der Waals surface area (Å²) in [5, 5.41) is 2.43. The van der Waals surface area contributed by atoms with Gasteiger partial charge < -0.3 is 15.8 Å². The van der Waals surface area contributed by atoms with E-state index in [1.807, 2.05) is 39.8 Å². The van der Waals surface area contributed by atoms with Crippen LogP contribution in [0.4, 0.5) is 8.78 Å². The number of halogens is 2. The van der Waals surface area contributed by atoms with E-state index in [2.05, 4.69) is 49.0 Å². The standard InChI is InChI=1S/C34H44F2N4O3.C2H6/c1-7-21(2)30-26(14-12-22(3)31(42)38-6)34(35,36)20-27(30)40-29(41)19-25(39-32(40)37)11-9-8-10-23-13-15-28-24(18-23)16-17-33(4,5)43-28;1-2/h8,10,12-15,18,21,25,27H,3,7,9,11,16-17,19-20H2,1-2,4-6H3,(H2,37,39)(H,38,42);1-2H3/b10-8-,14-12-;. The summed E-state index contributed by atoms with van der Waals surface area (Å²) in [4.78, 5) is 31.1. The lowest BCUT2D eigenvalue weighted by atomic mass is 9.90. The first kappa shape index (κ1) is 35.7. The summed E-state index contributed by atoms with van der Waals surface area (Å²) in [6.45, 7) is 15.6. The van der Waals surface area contributed by atoms with E-state index in [1.54, 1.807) is 0 Å². The molecule has 1 aromatic carbocycles. The SMILES string of the molecule is C=C(/C=C\C1=C(C(C)CC)C(N2C(=O)CC(CC/C=C\c3ccc4c(c3)CCC(C)(C)O4)N=C2N)CC1(F)F)C(=O)NC.CC. The maximum Gasteiger partial charge on any atom is 0.275 e. The van der Waals surface area contributed by atoms with Gasteiger partial charge in [0.05, 0.1) is 12.1 Å². The van der Waals surface area contributed by atoms with Gasteiger partial charge in [-0.05, 0) is 86.8 Å². The zero-order valence-electron chi connectivity index (χ0n) is 27.9. The number of aryl methyl sites for hydroxylation is 1. The monoisotopic (exact) mass is 624 g/mol. The van der Waals surface area contributed by atoms with Crippen LogP contribution in [0.5, 0.6) is 5.75 Å². The number of nitrogens with zero attached hydrogens (tertiary/aromatic N) is 2. The molecule has 0 fully saturated rings. The van der Waals surface area contributed by atoms with Gasteiger partial charge in [0.2, 0.25) is 11.8 Å². The molecule has 9 heteroatoms. The molecule has 3 N–H and O–H groups in total. The molecule has 0 bridgehead atoms. The number of aliphatic imine (C=N–C) groups is 1. The van der Waals surface area contributed by atoms with Gasteiger partial charge in [-0.25, -0.2) is 13.8 Å². The van der Waals surface area contributed by atoms with Gasteiger partial charge in [-0.3, -0.25) is 14.5 Å². The summed E-state index contributed by atoms with van der Waals surface area (Å²) < 4.78 is 36.9. The number of hydrogen-bond acceptors (Lipinski definition) is 5. The minimum Gasteiger partial charge on any atom is -0.488 e. The Labute approximate surface area is 267 Å². The minimum atomic E-state index is -3.20. The van der Waals surface area contributed by atoms with Gasteiger partial charge in [0.15, 0.2) is 5.96 Å². The number of fused-ring (bicyclic) bond motifs is 1. The summed E-state index contributed by atoms with van der Waals surface area (Å²) in [6.07, 6.45) is 10.0. The molecule has 3 unspecified atom stereocenters. The molecule has 2 aliphatic heterocycles. The number of hydrogen-bond donors (Lipinski definition) is 2. The van der Waals surface area contributed by atoms with Crippen LogP contribution < -0.4 is 15.8 Å². The van der Waals surface area contributed by atoms with E-state index in [1.165, 1.54) is 29.7 Å². The van der Waals surface area contributed by atoms with E-state index in [0.717, 1.165) is 24.2 Å². The van der Waals surface area contributed by atoms with Crippen molar-refractivity contribution in [3.8, 4) is 5.75 Å². The lowest BCUT2D eigenvalue weighted by Gasteiger charge is -2.36. The second-order valence-corrected chi connectivity index (χ2v) is 12.4. The molecule has 2 heterocycles. The molecule has 4 rings (SSSR count). The molecule has 2 amide bonds. The van der Waals surface area contributed by atoms with Gasteiger partial charge in [-0.15, -0.1) is 0 Å². The van der Waals surface area contributed by atoms with Crippen LogP contribution in [0.25, 0.3) is 6.08 Å². The van der Waals surface area contributed by atoms with Crippen molar-refractivity contribution in [3.63, 3.8) is 0 Å². The zero-order valence-corrected chi connectivity index (χ0v) is 27.9. The Morgan fingerprint density at radius 3 is 2.64 bits per heavy atom. The molecule has 1 aliphatic carbocycles. The maximum atomic E-state index is 15.4. The maximum absolute atomic E-state index is 15.4. The molecular formula is C36H50F2N4O3. The molecule has 3 atom stereocenters. The predicted octanol–water partition coefficient (Wildman–Crippen LogP) is 7.13. The molecule has 0 saturated heterocycles. The molecule has 0 spiro atoms. The summed E-state index contributed by atoms with van der Waals surface area (Å²) in [5.41, 5.74) is 8.77. The fourth-order valence-electron chi connectivity index (χ4n) is 6.05. The Bertz CT molecular complexity index is 1390. The number of likely N-dealkylation sites (N-methyl/N-ethyl adjacent to an activating group) is 1. The molecule has 0 aromatic heterocycles. The third-order valence-electron chi connectivity index (χ3n) is 8.62. The van der Waals surface area contributed by atoms with E-state index in [-0.39, 0.29) is 47.0 Å². The molecule has 0 saturated carbocycles. The van der Waals surface area contributed by atoms with Gasteiger partial charge in [-0.1, -0.05) is 58.6 Å². The van der Waals surface area contributed by atoms with Crippen molar-refractivity contribution in [2.24, 2.45) is 16.6 Å². The number of guanidine groups is 1. The third-order valence-corrected chi connectivity index (χ3v) is 8.62. The lowest BCUT2D eigenvalue weighted by Crippen LogP contribution is -2.53. The number of benzene rings is 1. The first-order valence-electron chi connectivity index (χ1n) is 16.1. The Kier molecular flexibility index (Phi) is 11.9. The highest BCUT2D eigenvalue weighted by molar-refractivity contribution is 5.99. The second kappa shape index (κ2) is 15.0. The number of rotatable bonds is 10. The van der Waals surface area contributed by atoms with Gasteiger partial charge in [0.25, 0.3) is 5.92 Å². The first-order valence-corrected chi connectivity index (χ1v) is 16.1. The summed E-state index contributed by atoms with van der Waals surface area (Å²) >= 11 is 0. The predicted molar refractivity (Wildman–Crippen MR) is 178 cm³/mol. The second-order valence-electron chi connectivity index (χ2n) is 12.4. The lowest BCUT2D eigenvalue weighted by molar-refractivity contribution is -0.130. The highest BCUT2D eigenvalue weighted by atomic mass is 19.3. The summed E-state index contributed by atoms with van der Waals surface area (Å²) in [5.74, 6) is -3.29. The Balaban J connectivity index is 0.00000271. The van der Waals surface area contributed by atoms with E-state index in [9.17, 15) is 9.59 Å². The van der Waals surface area contributed by atoms with E-state index in [4.69, 9.17) is 10.5 Å². The number of nitrogens with one attached hydrogen (secondary N) is 1. The first-order chi connectivity index (χ1) is 21.3. The van der Waals surface area contributed by atoms with Crippen LogP contribution >= 0.6 is 0 Å². The molecule has 45 heavy (non-hydrogen) atoms. The minimum absolute atomic E-state index is 0.0237. The van der Waals surface area contributed by atoms with Crippen LogP contribution in [0.3, 0.4) is 0 Å². The van der Waals surface area contributed by atoms with Crippen molar-refractivity contribution < 1.29 is 23.1 Å². The van der Waals surface area contributed by atoms with E-state index >= 15 is 8.78 Å². The molecule has 0 radical (unpaired) electrons. The van der Waals surface area contributed by atoms with E-state index < -0.39 is 24.3 Å². The van der Waals surface area contributed by atoms with Crippen LogP contribution in [0.2, 0.25) is 0 Å². The van der Waals surface area contributed by atoms with Crippen molar-refractivity contribution in [1.82, 2.24) is 10.2 Å². The van der Waals surface area contributed by atoms with Crippen LogP contribution in [0, 0.1) is 5.92 Å². The third kappa shape index (κ3) is 8.50. The molecular weight excluding hydrogens is 574 g/mol. The molecule has 3 aliphatic rings. The van der Waals surface area contributed by atoms with Crippen molar-refractivity contribution in [1.29, 1.82) is 0 Å². The Morgan fingerprint density at radius 1 is 1.29 bits per heavy atom. The zero-order chi connectivity index (χ0) is 33.5. The van der Waals surface area contributed by atoms with Gasteiger partial charge in [-0.2, -0.15) is 0 Å². The number of amides is 2. The summed E-state index contributed by atoms with van der Waals surface area (Å²) in [6, 6.07) is 4.97.